The van der Waals surface area contributed by atoms with Gasteiger partial charge in [-0.15, -0.1) is 0 Å². The first-order valence-corrected chi connectivity index (χ1v) is 22.0. The maximum absolute atomic E-state index is 14.3. The number of halogens is 4. The Morgan fingerprint density at radius 3 is 2.46 bits per heavy atom. The van der Waals surface area contributed by atoms with E-state index in [2.05, 4.69) is 4.90 Å². The van der Waals surface area contributed by atoms with Gasteiger partial charge in [-0.05, 0) is 0 Å². The number of rotatable bonds is 11. The van der Waals surface area contributed by atoms with E-state index in [0.29, 0.717) is 47.1 Å². The second-order valence-electron chi connectivity index (χ2n) is 13.4. The van der Waals surface area contributed by atoms with E-state index in [1.165, 1.54) is 35.4 Å². The Kier molecular flexibility index (Phi) is 10.2. The number of alkyl halides is 3. The molecule has 4 aromatic rings. The van der Waals surface area contributed by atoms with Crippen LogP contribution in [0.25, 0.3) is 11.1 Å². The van der Waals surface area contributed by atoms with Gasteiger partial charge in [-0.25, -0.2) is 4.39 Å². The van der Waals surface area contributed by atoms with Crippen molar-refractivity contribution in [2.24, 2.45) is 5.92 Å². The number of nitrogens with zero attached hydrogens (tertiary/aromatic N) is 1. The Labute approximate surface area is 295 Å². The molecular weight excluding hydrogens is 753 g/mol. The van der Waals surface area contributed by atoms with Crippen LogP contribution in [0.5, 0.6) is 11.5 Å². The average Bonchev–Trinajstić information content (AvgIpc) is 3.72. The zero-order valence-electron chi connectivity index (χ0n) is 27.5. The third kappa shape index (κ3) is 7.44. The van der Waals surface area contributed by atoms with E-state index in [9.17, 15) is 27.2 Å². The molecule has 0 spiro atoms. The molecule has 7 rings (SSSR count). The van der Waals surface area contributed by atoms with E-state index in [0.717, 1.165) is 50.8 Å². The van der Waals surface area contributed by atoms with E-state index < -0.39 is 36.8 Å². The molecule has 1 atom stereocenters. The summed E-state index contributed by atoms with van der Waals surface area (Å²) in [5, 5.41) is 0. The Morgan fingerprint density at radius 2 is 1.70 bits per heavy atom. The van der Waals surface area contributed by atoms with Gasteiger partial charge >= 0.3 is 279 Å². The van der Waals surface area contributed by atoms with E-state index >= 15 is 0 Å². The molecule has 0 radical (unpaired) electrons. The number of hydrogen-bond acceptors (Lipinski definition) is 5. The van der Waals surface area contributed by atoms with Crippen LogP contribution in [-0.2, 0) is 41.8 Å². The van der Waals surface area contributed by atoms with Crippen LogP contribution in [0, 0.1) is 11.7 Å². The fourth-order valence-corrected chi connectivity index (χ4v) is 16.6. The Balaban J connectivity index is 1.12. The van der Waals surface area contributed by atoms with Crippen LogP contribution in [0.15, 0.2) is 84.9 Å². The topological polar surface area (TPSA) is 55.8 Å². The van der Waals surface area contributed by atoms with Gasteiger partial charge in [0, 0.05) is 0 Å². The molecule has 0 aromatic heterocycles. The van der Waals surface area contributed by atoms with Crippen LogP contribution in [0.1, 0.15) is 59.9 Å². The number of carbonyl (C=O) groups is 2. The third-order valence-electron chi connectivity index (χ3n) is 10.3. The molecule has 0 bridgehead atoms. The van der Waals surface area contributed by atoms with E-state index in [-0.39, 0.29) is 18.2 Å². The van der Waals surface area contributed by atoms with Gasteiger partial charge in [0.1, 0.15) is 0 Å². The molecule has 0 N–H and O–H groups in total. The summed E-state index contributed by atoms with van der Waals surface area (Å²) in [5.41, 5.74) is 3.96. The van der Waals surface area contributed by atoms with Crippen molar-refractivity contribution in [1.29, 1.82) is 0 Å². The van der Waals surface area contributed by atoms with E-state index in [4.69, 9.17) is 9.47 Å². The van der Waals surface area contributed by atoms with Crippen molar-refractivity contribution in [3.63, 3.8) is 0 Å². The van der Waals surface area contributed by atoms with Crippen molar-refractivity contribution in [2.45, 2.75) is 74.8 Å². The second kappa shape index (κ2) is 14.8. The number of aryl methyl sites for hydroxylation is 1. The van der Waals surface area contributed by atoms with Crippen LogP contribution < -0.4 is 9.47 Å². The molecule has 2 heterocycles. The van der Waals surface area contributed by atoms with E-state index in [1.54, 1.807) is 6.07 Å². The summed E-state index contributed by atoms with van der Waals surface area (Å²) in [4.78, 5) is 28.1. The molecule has 0 saturated heterocycles. The first-order valence-electron chi connectivity index (χ1n) is 17.1. The summed E-state index contributed by atoms with van der Waals surface area (Å²) in [6.45, 7) is 0.921. The minimum atomic E-state index is -4.79. The average molecular weight is 790 g/mol. The molecule has 258 valence electrons. The molecule has 1 aliphatic carbocycles. The number of ether oxygens (including phenoxy) is 2. The van der Waals surface area contributed by atoms with Gasteiger partial charge in [0.25, 0.3) is 0 Å². The number of fused-ring (bicyclic) bond motifs is 2. The molecule has 3 aliphatic rings. The summed E-state index contributed by atoms with van der Waals surface area (Å²) in [5.74, 6) is 0.317. The summed E-state index contributed by atoms with van der Waals surface area (Å²) in [6.07, 6.45) is 2.25. The molecule has 50 heavy (non-hydrogen) atoms. The zero-order chi connectivity index (χ0) is 34.8. The molecular formula is C40H37F4NO4Sn. The second-order valence-corrected chi connectivity index (χ2v) is 20.6. The normalized spacial score (nSPS) is 17.9. The van der Waals surface area contributed by atoms with Crippen molar-refractivity contribution in [3.05, 3.63) is 119 Å². The van der Waals surface area contributed by atoms with Crippen molar-refractivity contribution < 1.29 is 36.6 Å². The van der Waals surface area contributed by atoms with E-state index in [1.807, 2.05) is 60.7 Å². The number of benzene rings is 4. The molecule has 1 fully saturated rings. The monoisotopic (exact) mass is 791 g/mol. The summed E-state index contributed by atoms with van der Waals surface area (Å²) in [6, 6.07) is 24.3. The Morgan fingerprint density at radius 1 is 0.900 bits per heavy atom. The summed E-state index contributed by atoms with van der Waals surface area (Å²) >= 11 is -2.81. The Bertz CT molecular complexity index is 1940. The van der Waals surface area contributed by atoms with Gasteiger partial charge in [0.05, 0.1) is 0 Å². The fraction of sp³-hybridized carbons (Fsp3) is 0.325. The first-order chi connectivity index (χ1) is 24.2. The van der Waals surface area contributed by atoms with Gasteiger partial charge in [0.2, 0.25) is 0 Å². The molecule has 1 saturated carbocycles. The van der Waals surface area contributed by atoms with Gasteiger partial charge in [-0.2, -0.15) is 13.2 Å². The fourth-order valence-electron chi connectivity index (χ4n) is 7.72. The van der Waals surface area contributed by atoms with Crippen LogP contribution in [0.3, 0.4) is 0 Å². The number of carbonyl (C=O) groups excluding carboxylic acids is 2. The Hall–Kier alpha value is -3.83. The minimum absolute atomic E-state index is 0.133. The van der Waals surface area contributed by atoms with Gasteiger partial charge in [0.15, 0.2) is 0 Å². The van der Waals surface area contributed by atoms with Crippen LogP contribution in [0.4, 0.5) is 17.6 Å². The van der Waals surface area contributed by atoms with Crippen molar-refractivity contribution in [3.8, 4) is 22.6 Å². The predicted octanol–water partition coefficient (Wildman–Crippen LogP) is 8.50. The van der Waals surface area contributed by atoms with Crippen LogP contribution >= 0.6 is 0 Å². The molecule has 5 nitrogen and oxygen atoms in total. The molecule has 0 amide bonds. The first kappa shape index (κ1) is 34.6. The standard InChI is InChI=1S/C25H24F4NO2.C15H13O2.Sn/c26-24-8-5-18(11-23(24)25(27,28)29)16-32-22-7-6-19-12-21(15-31)30(14-20(19)13-22)10-9-17-3-1-2-4-17;1-2-12-8-9-14(10-15(12)17-11-16)13-6-4-3-5-7-13;/h5-8,11,13,17,21H,1-4,9,12,14,16H2;3-11H,1-2H2;. The maximum atomic E-state index is 14.3. The van der Waals surface area contributed by atoms with Crippen LogP contribution in [-0.4, -0.2) is 44.1 Å². The van der Waals surface area contributed by atoms with Crippen molar-refractivity contribution in [1.82, 2.24) is 4.90 Å². The molecule has 2 aliphatic heterocycles. The van der Waals surface area contributed by atoms with Crippen molar-refractivity contribution >= 4 is 33.2 Å². The van der Waals surface area contributed by atoms with Crippen LogP contribution in [0.2, 0.25) is 4.44 Å². The summed E-state index contributed by atoms with van der Waals surface area (Å²) < 4.78 is 67.4. The van der Waals surface area contributed by atoms with Gasteiger partial charge in [-0.3, -0.25) is 0 Å². The molecule has 1 unspecified atom stereocenters. The molecule has 10 heteroatoms. The SMILES string of the molecule is O=COc1cc(-c2ccccc2)ccc1C[CH2][Sn]1=[C](CC2CCCC2)N2Cc3cc(OCc4ccc(F)c(C(F)(F)F)c4)ccc3CC2[C]1=O. The summed E-state index contributed by atoms with van der Waals surface area (Å²) in [7, 11) is 0. The van der Waals surface area contributed by atoms with Gasteiger partial charge in [-0.1, -0.05) is 0 Å². The number of hydrogen-bond donors (Lipinski definition) is 0. The zero-order valence-corrected chi connectivity index (χ0v) is 30.3. The van der Waals surface area contributed by atoms with Gasteiger partial charge < -0.3 is 0 Å². The molecule has 4 aromatic carbocycles. The van der Waals surface area contributed by atoms with Crippen molar-refractivity contribution in [2.75, 3.05) is 0 Å². The predicted molar refractivity (Wildman–Crippen MR) is 185 cm³/mol. The quantitative estimate of drug-likeness (QED) is 0.0868. The third-order valence-corrected chi connectivity index (χ3v) is 18.5.